The van der Waals surface area contributed by atoms with Gasteiger partial charge >= 0.3 is 0 Å². The molecule has 0 saturated carbocycles. The number of thioether (sulfide) groups is 1. The molecule has 0 fully saturated rings. The summed E-state index contributed by atoms with van der Waals surface area (Å²) in [4.78, 5) is 25.6. The van der Waals surface area contributed by atoms with Crippen LogP contribution in [0.15, 0.2) is 82.4 Å². The van der Waals surface area contributed by atoms with E-state index < -0.39 is 0 Å². The number of benzene rings is 2. The molecule has 2 amide bonds. The molecule has 0 saturated heterocycles. The lowest BCUT2D eigenvalue weighted by molar-refractivity contribution is -0.118. The molecular formula is C24H22ClN3O3S. The topological polar surface area (TPSA) is 76.3 Å². The van der Waals surface area contributed by atoms with Crippen molar-refractivity contribution in [2.75, 3.05) is 12.3 Å². The zero-order chi connectivity index (χ0) is 22.3. The molecule has 2 N–H and O–H groups in total. The zero-order valence-electron chi connectivity index (χ0n) is 17.2. The summed E-state index contributed by atoms with van der Waals surface area (Å²) in [5.74, 6) is 0.835. The third-order valence-corrected chi connectivity index (χ3v) is 6.19. The van der Waals surface area contributed by atoms with Crippen molar-refractivity contribution < 1.29 is 14.0 Å². The van der Waals surface area contributed by atoms with Gasteiger partial charge in [0.1, 0.15) is 5.76 Å². The SMILES string of the molecule is O=C(CSc1cn(CCNC(=O)c2ccc(Cl)cc2)c2ccccc12)NCc1ccco1. The Hall–Kier alpha value is -3.16. The van der Waals surface area contributed by atoms with E-state index in [9.17, 15) is 9.59 Å². The molecular weight excluding hydrogens is 446 g/mol. The van der Waals surface area contributed by atoms with Gasteiger partial charge in [0.2, 0.25) is 5.91 Å². The van der Waals surface area contributed by atoms with Gasteiger partial charge in [-0.25, -0.2) is 0 Å². The number of amides is 2. The monoisotopic (exact) mass is 467 g/mol. The molecule has 0 aliphatic rings. The smallest absolute Gasteiger partial charge is 0.251 e. The number of fused-ring (bicyclic) bond motifs is 1. The maximum Gasteiger partial charge on any atom is 0.251 e. The number of rotatable bonds is 9. The fourth-order valence-corrected chi connectivity index (χ4v) is 4.34. The maximum absolute atomic E-state index is 12.3. The fraction of sp³-hybridized carbons (Fsp3) is 0.167. The average molecular weight is 468 g/mol. The number of nitrogens with one attached hydrogen (secondary N) is 2. The van der Waals surface area contributed by atoms with E-state index in [4.69, 9.17) is 16.0 Å². The Morgan fingerprint density at radius 2 is 1.81 bits per heavy atom. The van der Waals surface area contributed by atoms with Gasteiger partial charge in [-0.1, -0.05) is 29.8 Å². The maximum atomic E-state index is 12.3. The van der Waals surface area contributed by atoms with Crippen LogP contribution in [0.3, 0.4) is 0 Å². The number of hydrogen-bond acceptors (Lipinski definition) is 4. The van der Waals surface area contributed by atoms with Crippen LogP contribution in [0.5, 0.6) is 0 Å². The summed E-state index contributed by atoms with van der Waals surface area (Å²) in [5, 5.41) is 7.48. The number of carbonyl (C=O) groups excluding carboxylic acids is 2. The van der Waals surface area contributed by atoms with Gasteiger partial charge in [-0.05, 0) is 42.5 Å². The Bertz CT molecular complexity index is 1200. The summed E-state index contributed by atoms with van der Waals surface area (Å²) in [5.41, 5.74) is 1.63. The summed E-state index contributed by atoms with van der Waals surface area (Å²) >= 11 is 7.37. The normalized spacial score (nSPS) is 10.9. The lowest BCUT2D eigenvalue weighted by atomic mass is 10.2. The number of aromatic nitrogens is 1. The van der Waals surface area contributed by atoms with E-state index >= 15 is 0 Å². The van der Waals surface area contributed by atoms with Gasteiger partial charge in [0.05, 0.1) is 18.6 Å². The Morgan fingerprint density at radius 1 is 1.00 bits per heavy atom. The highest BCUT2D eigenvalue weighted by Gasteiger charge is 2.12. The number of carbonyl (C=O) groups is 2. The first-order valence-corrected chi connectivity index (χ1v) is 11.5. The molecule has 4 rings (SSSR count). The van der Waals surface area contributed by atoms with Gasteiger partial charge in [0, 0.05) is 45.7 Å². The van der Waals surface area contributed by atoms with Gasteiger partial charge in [0.15, 0.2) is 0 Å². The molecule has 2 aromatic heterocycles. The first-order valence-electron chi connectivity index (χ1n) is 10.1. The van der Waals surface area contributed by atoms with Gasteiger partial charge in [-0.2, -0.15) is 0 Å². The number of furan rings is 1. The van der Waals surface area contributed by atoms with Crippen molar-refractivity contribution in [2.45, 2.75) is 18.0 Å². The van der Waals surface area contributed by atoms with Crippen molar-refractivity contribution in [1.29, 1.82) is 0 Å². The molecule has 6 nitrogen and oxygen atoms in total. The summed E-state index contributed by atoms with van der Waals surface area (Å²) in [6.07, 6.45) is 3.62. The lowest BCUT2D eigenvalue weighted by Crippen LogP contribution is -2.27. The van der Waals surface area contributed by atoms with Gasteiger partial charge in [-0.3, -0.25) is 9.59 Å². The Labute approximate surface area is 194 Å². The molecule has 0 aliphatic heterocycles. The third-order valence-electron chi connectivity index (χ3n) is 4.90. The molecule has 2 aromatic carbocycles. The lowest BCUT2D eigenvalue weighted by Gasteiger charge is -2.08. The van der Waals surface area contributed by atoms with Crippen molar-refractivity contribution in [3.8, 4) is 0 Å². The Balaban J connectivity index is 1.35. The van der Waals surface area contributed by atoms with E-state index in [1.807, 2.05) is 36.5 Å². The predicted octanol–water partition coefficient (Wildman–Crippen LogP) is 4.73. The number of nitrogens with zero attached hydrogens (tertiary/aromatic N) is 1. The van der Waals surface area contributed by atoms with Crippen LogP contribution in [0.4, 0.5) is 0 Å². The molecule has 0 aliphatic carbocycles. The van der Waals surface area contributed by atoms with Crippen LogP contribution in [0.25, 0.3) is 10.9 Å². The van der Waals surface area contributed by atoms with E-state index in [1.54, 1.807) is 36.6 Å². The van der Waals surface area contributed by atoms with Crippen LogP contribution >= 0.6 is 23.4 Å². The average Bonchev–Trinajstić information content (AvgIpc) is 3.45. The molecule has 32 heavy (non-hydrogen) atoms. The van der Waals surface area contributed by atoms with Gasteiger partial charge < -0.3 is 19.6 Å². The summed E-state index contributed by atoms with van der Waals surface area (Å²) < 4.78 is 7.33. The van der Waals surface area contributed by atoms with E-state index in [2.05, 4.69) is 15.2 Å². The van der Waals surface area contributed by atoms with Crippen LogP contribution in [0, 0.1) is 0 Å². The van der Waals surface area contributed by atoms with E-state index in [0.717, 1.165) is 21.6 Å². The first-order chi connectivity index (χ1) is 15.6. The minimum absolute atomic E-state index is 0.0570. The predicted molar refractivity (Wildman–Crippen MR) is 127 cm³/mol. The van der Waals surface area contributed by atoms with Crippen LogP contribution in [-0.2, 0) is 17.9 Å². The second-order valence-electron chi connectivity index (χ2n) is 7.11. The molecule has 0 radical (unpaired) electrons. The van der Waals surface area contributed by atoms with Crippen LogP contribution in [0.1, 0.15) is 16.1 Å². The van der Waals surface area contributed by atoms with E-state index in [-0.39, 0.29) is 11.8 Å². The zero-order valence-corrected chi connectivity index (χ0v) is 18.8. The van der Waals surface area contributed by atoms with Crippen LogP contribution in [-0.4, -0.2) is 28.7 Å². The van der Waals surface area contributed by atoms with Crippen molar-refractivity contribution in [2.24, 2.45) is 0 Å². The van der Waals surface area contributed by atoms with Crippen LogP contribution in [0.2, 0.25) is 5.02 Å². The number of para-hydroxylation sites is 1. The highest BCUT2D eigenvalue weighted by molar-refractivity contribution is 8.00. The molecule has 4 aromatic rings. The highest BCUT2D eigenvalue weighted by Crippen LogP contribution is 2.29. The highest BCUT2D eigenvalue weighted by atomic mass is 35.5. The molecule has 0 atom stereocenters. The standard InChI is InChI=1S/C24H22ClN3O3S/c25-18-9-7-17(8-10-18)24(30)26-11-12-28-15-22(20-5-1-2-6-21(20)28)32-16-23(29)27-14-19-4-3-13-31-19/h1-10,13,15H,11-12,14,16H2,(H,26,30)(H,27,29). The van der Waals surface area contributed by atoms with E-state index in [0.29, 0.717) is 36.0 Å². The molecule has 0 bridgehead atoms. The second kappa shape index (κ2) is 10.4. The van der Waals surface area contributed by atoms with Crippen molar-refractivity contribution in [3.63, 3.8) is 0 Å². The number of hydrogen-bond donors (Lipinski definition) is 2. The minimum atomic E-state index is -0.138. The third kappa shape index (κ3) is 5.55. The second-order valence-corrected chi connectivity index (χ2v) is 8.57. The van der Waals surface area contributed by atoms with Crippen molar-refractivity contribution >= 4 is 46.1 Å². The van der Waals surface area contributed by atoms with E-state index in [1.165, 1.54) is 11.8 Å². The van der Waals surface area contributed by atoms with Gasteiger partial charge in [0.25, 0.3) is 5.91 Å². The molecule has 0 unspecified atom stereocenters. The quantitative estimate of drug-likeness (QED) is 0.349. The Morgan fingerprint density at radius 3 is 2.59 bits per heavy atom. The van der Waals surface area contributed by atoms with Crippen LogP contribution < -0.4 is 10.6 Å². The first kappa shape index (κ1) is 22.0. The molecule has 8 heteroatoms. The summed E-state index contributed by atoms with van der Waals surface area (Å²) in [6, 6.07) is 18.5. The summed E-state index contributed by atoms with van der Waals surface area (Å²) in [7, 11) is 0. The van der Waals surface area contributed by atoms with Crippen molar-refractivity contribution in [1.82, 2.24) is 15.2 Å². The largest absolute Gasteiger partial charge is 0.467 e. The fourth-order valence-electron chi connectivity index (χ4n) is 3.30. The molecule has 0 spiro atoms. The van der Waals surface area contributed by atoms with Gasteiger partial charge in [-0.15, -0.1) is 11.8 Å². The minimum Gasteiger partial charge on any atom is -0.467 e. The summed E-state index contributed by atoms with van der Waals surface area (Å²) in [6.45, 7) is 1.47. The molecule has 164 valence electrons. The molecule has 2 heterocycles. The van der Waals surface area contributed by atoms with Crippen molar-refractivity contribution in [3.05, 3.63) is 89.5 Å². The Kier molecular flexibility index (Phi) is 7.19. The number of halogens is 1.